The number of carbonyl (C=O) groups is 2. The number of aryl methyl sites for hydroxylation is 1. The predicted octanol–water partition coefficient (Wildman–Crippen LogP) is 4.96. The lowest BCUT2D eigenvalue weighted by molar-refractivity contribution is -0.139. The topological polar surface area (TPSA) is 96.0 Å². The lowest BCUT2D eigenvalue weighted by atomic mass is 10.1. The van der Waals surface area contributed by atoms with Crippen LogP contribution in [0.25, 0.3) is 0 Å². The molecule has 3 aromatic rings. The molecule has 1 N–H and O–H groups in total. The third-order valence-corrected chi connectivity index (χ3v) is 8.75. The van der Waals surface area contributed by atoms with E-state index in [1.165, 1.54) is 17.0 Å². The minimum Gasteiger partial charge on any atom is -0.492 e. The third-order valence-electron chi connectivity index (χ3n) is 6.97. The largest absolute Gasteiger partial charge is 0.492 e. The molecule has 0 aromatic heterocycles. The Hall–Kier alpha value is -3.85. The molecule has 0 radical (unpaired) electrons. The summed E-state index contributed by atoms with van der Waals surface area (Å²) in [6.07, 6.45) is 1.25. The summed E-state index contributed by atoms with van der Waals surface area (Å²) >= 11 is 0. The zero-order valence-corrected chi connectivity index (χ0v) is 25.4. The van der Waals surface area contributed by atoms with Gasteiger partial charge in [-0.25, -0.2) is 8.42 Å². The van der Waals surface area contributed by atoms with Gasteiger partial charge in [-0.2, -0.15) is 0 Å². The molecule has 0 unspecified atom stereocenters. The summed E-state index contributed by atoms with van der Waals surface area (Å²) < 4.78 is 34.9. The number of benzene rings is 3. The van der Waals surface area contributed by atoms with Crippen LogP contribution in [0.15, 0.2) is 83.8 Å². The number of para-hydroxylation sites is 2. The number of ether oxygens (including phenoxy) is 1. The smallest absolute Gasteiger partial charge is 0.264 e. The molecular weight excluding hydrogens is 538 g/mol. The van der Waals surface area contributed by atoms with E-state index in [2.05, 4.69) is 5.32 Å². The molecule has 0 aliphatic heterocycles. The quantitative estimate of drug-likeness (QED) is 0.291. The van der Waals surface area contributed by atoms with E-state index < -0.39 is 28.5 Å². The minimum atomic E-state index is -4.17. The van der Waals surface area contributed by atoms with Crippen molar-refractivity contribution in [3.8, 4) is 5.75 Å². The van der Waals surface area contributed by atoms with Gasteiger partial charge in [-0.1, -0.05) is 67.1 Å². The molecule has 9 heteroatoms. The summed E-state index contributed by atoms with van der Waals surface area (Å²) in [4.78, 5) is 28.7. The molecule has 0 heterocycles. The highest BCUT2D eigenvalue weighted by atomic mass is 32.2. The normalized spacial score (nSPS) is 12.7. The molecule has 2 atom stereocenters. The maximum atomic E-state index is 14.0. The Labute approximate surface area is 244 Å². The van der Waals surface area contributed by atoms with Crippen LogP contribution in [-0.4, -0.2) is 56.9 Å². The van der Waals surface area contributed by atoms with Crippen LogP contribution in [0, 0.1) is 6.92 Å². The highest BCUT2D eigenvalue weighted by Gasteiger charge is 2.33. The van der Waals surface area contributed by atoms with Gasteiger partial charge in [0.05, 0.1) is 17.2 Å². The highest BCUT2D eigenvalue weighted by molar-refractivity contribution is 7.92. The SMILES string of the molecule is CCOc1ccccc1N(CC(=O)N(CCc1ccccc1)[C@H](C)C(=O)N[C@H](C)CC)S(=O)(=O)c1ccc(C)cc1. The van der Waals surface area contributed by atoms with Crippen LogP contribution in [0.5, 0.6) is 5.75 Å². The molecule has 0 saturated heterocycles. The summed E-state index contributed by atoms with van der Waals surface area (Å²) in [6, 6.07) is 22.0. The second kappa shape index (κ2) is 14.7. The van der Waals surface area contributed by atoms with Crippen molar-refractivity contribution in [2.45, 2.75) is 64.4 Å². The summed E-state index contributed by atoms with van der Waals surface area (Å²) in [6.45, 7) is 9.29. The molecule has 2 amide bonds. The first kappa shape index (κ1) is 31.7. The summed E-state index contributed by atoms with van der Waals surface area (Å²) in [5, 5.41) is 2.95. The number of hydrogen-bond acceptors (Lipinski definition) is 5. The number of anilines is 1. The van der Waals surface area contributed by atoms with E-state index in [0.29, 0.717) is 18.8 Å². The fourth-order valence-corrected chi connectivity index (χ4v) is 5.75. The van der Waals surface area contributed by atoms with Gasteiger partial charge in [0.25, 0.3) is 10.0 Å². The van der Waals surface area contributed by atoms with E-state index in [0.717, 1.165) is 21.9 Å². The molecule has 0 fully saturated rings. The summed E-state index contributed by atoms with van der Waals surface area (Å²) in [7, 11) is -4.17. The van der Waals surface area contributed by atoms with Crippen LogP contribution in [0.1, 0.15) is 45.2 Å². The van der Waals surface area contributed by atoms with E-state index >= 15 is 0 Å². The van der Waals surface area contributed by atoms with Gasteiger partial charge in [0.1, 0.15) is 18.3 Å². The van der Waals surface area contributed by atoms with Crippen molar-refractivity contribution in [1.82, 2.24) is 10.2 Å². The van der Waals surface area contributed by atoms with Crippen molar-refractivity contribution >= 4 is 27.5 Å². The van der Waals surface area contributed by atoms with Crippen LogP contribution < -0.4 is 14.4 Å². The van der Waals surface area contributed by atoms with Gasteiger partial charge in [-0.15, -0.1) is 0 Å². The Balaban J connectivity index is 2.02. The molecule has 0 aliphatic rings. The van der Waals surface area contributed by atoms with Gasteiger partial charge in [0, 0.05) is 12.6 Å². The molecule has 8 nitrogen and oxygen atoms in total. The van der Waals surface area contributed by atoms with Crippen LogP contribution in [0.2, 0.25) is 0 Å². The van der Waals surface area contributed by atoms with E-state index in [-0.39, 0.29) is 29.1 Å². The van der Waals surface area contributed by atoms with E-state index in [1.54, 1.807) is 43.3 Å². The third kappa shape index (κ3) is 8.33. The van der Waals surface area contributed by atoms with E-state index in [4.69, 9.17) is 4.74 Å². The first-order valence-corrected chi connectivity index (χ1v) is 15.5. The van der Waals surface area contributed by atoms with E-state index in [1.807, 2.05) is 58.0 Å². The fourth-order valence-electron chi connectivity index (χ4n) is 4.33. The van der Waals surface area contributed by atoms with Crippen LogP contribution in [-0.2, 0) is 26.0 Å². The average Bonchev–Trinajstić information content (AvgIpc) is 2.97. The second-order valence-electron chi connectivity index (χ2n) is 10.0. The first-order chi connectivity index (χ1) is 19.6. The van der Waals surface area contributed by atoms with Crippen LogP contribution in [0.4, 0.5) is 5.69 Å². The monoisotopic (exact) mass is 579 g/mol. The van der Waals surface area contributed by atoms with Gasteiger partial charge >= 0.3 is 0 Å². The predicted molar refractivity (Wildman–Crippen MR) is 163 cm³/mol. The average molecular weight is 580 g/mol. The maximum Gasteiger partial charge on any atom is 0.264 e. The lowest BCUT2D eigenvalue weighted by Gasteiger charge is -2.33. The number of rotatable bonds is 14. The molecule has 0 aliphatic carbocycles. The molecule has 0 bridgehead atoms. The molecule has 3 rings (SSSR count). The highest BCUT2D eigenvalue weighted by Crippen LogP contribution is 2.33. The Morgan fingerprint density at radius 2 is 1.54 bits per heavy atom. The Kier molecular flexibility index (Phi) is 11.3. The van der Waals surface area contributed by atoms with Crippen molar-refractivity contribution in [3.63, 3.8) is 0 Å². The molecule has 220 valence electrons. The van der Waals surface area contributed by atoms with Gasteiger partial charge in [0.15, 0.2) is 0 Å². The van der Waals surface area contributed by atoms with Crippen molar-refractivity contribution in [1.29, 1.82) is 0 Å². The van der Waals surface area contributed by atoms with Gasteiger partial charge in [0.2, 0.25) is 11.8 Å². The number of nitrogens with one attached hydrogen (secondary N) is 1. The summed E-state index contributed by atoms with van der Waals surface area (Å²) in [5.74, 6) is -0.435. The van der Waals surface area contributed by atoms with Gasteiger partial charge in [-0.3, -0.25) is 13.9 Å². The second-order valence-corrected chi connectivity index (χ2v) is 11.9. The van der Waals surface area contributed by atoms with Crippen molar-refractivity contribution in [2.75, 3.05) is 24.0 Å². The van der Waals surface area contributed by atoms with Crippen molar-refractivity contribution in [2.24, 2.45) is 0 Å². The maximum absolute atomic E-state index is 14.0. The van der Waals surface area contributed by atoms with Gasteiger partial charge < -0.3 is 15.0 Å². The molecule has 0 spiro atoms. The number of sulfonamides is 1. The molecular formula is C32H41N3O5S. The Morgan fingerprint density at radius 3 is 2.17 bits per heavy atom. The van der Waals surface area contributed by atoms with Crippen LogP contribution in [0.3, 0.4) is 0 Å². The lowest BCUT2D eigenvalue weighted by Crippen LogP contribution is -2.53. The number of carbonyl (C=O) groups excluding carboxylic acids is 2. The first-order valence-electron chi connectivity index (χ1n) is 14.0. The Bertz CT molecular complexity index is 1390. The zero-order chi connectivity index (χ0) is 30.0. The van der Waals surface area contributed by atoms with E-state index in [9.17, 15) is 18.0 Å². The molecule has 41 heavy (non-hydrogen) atoms. The minimum absolute atomic E-state index is 0.0561. The van der Waals surface area contributed by atoms with Crippen molar-refractivity contribution < 1.29 is 22.7 Å². The summed E-state index contributed by atoms with van der Waals surface area (Å²) in [5.41, 5.74) is 2.17. The molecule has 3 aromatic carbocycles. The number of hydrogen-bond donors (Lipinski definition) is 1. The van der Waals surface area contributed by atoms with Crippen molar-refractivity contribution in [3.05, 3.63) is 90.0 Å². The van der Waals surface area contributed by atoms with Gasteiger partial charge in [-0.05, 0) is 70.4 Å². The molecule has 0 saturated carbocycles. The van der Waals surface area contributed by atoms with Crippen LogP contribution >= 0.6 is 0 Å². The fraction of sp³-hybridized carbons (Fsp3) is 0.375. The standard InChI is InChI=1S/C32H41N3O5S/c1-6-25(4)33-32(37)26(5)34(22-21-27-13-9-8-10-14-27)31(36)23-35(29-15-11-12-16-30(29)40-7-2)41(38,39)28-19-17-24(3)18-20-28/h8-20,25-26H,6-7,21-23H2,1-5H3,(H,33,37)/t25-,26-/m1/s1. The zero-order valence-electron chi connectivity index (χ0n) is 24.5. The Morgan fingerprint density at radius 1 is 0.902 bits per heavy atom. The number of amides is 2. The number of nitrogens with zero attached hydrogens (tertiary/aromatic N) is 2.